The fourth-order valence-corrected chi connectivity index (χ4v) is 2.13. The zero-order valence-electron chi connectivity index (χ0n) is 13.4. The Balaban J connectivity index is 1.76. The summed E-state index contributed by atoms with van der Waals surface area (Å²) < 4.78 is 16.1. The van der Waals surface area contributed by atoms with Crippen molar-refractivity contribution in [3.05, 3.63) is 60.0 Å². The van der Waals surface area contributed by atoms with Crippen molar-refractivity contribution in [2.45, 2.75) is 0 Å². The van der Waals surface area contributed by atoms with Crippen molar-refractivity contribution < 1.29 is 13.9 Å². The molecule has 0 aliphatic carbocycles. The van der Waals surface area contributed by atoms with Gasteiger partial charge in [0.25, 0.3) is 0 Å². The predicted molar refractivity (Wildman–Crippen MR) is 92.5 cm³/mol. The molecule has 122 valence electrons. The highest BCUT2D eigenvalue weighted by Crippen LogP contribution is 2.26. The third kappa shape index (κ3) is 3.73. The van der Waals surface area contributed by atoms with Crippen LogP contribution in [0.25, 0.3) is 12.2 Å². The van der Waals surface area contributed by atoms with Crippen molar-refractivity contribution in [1.29, 1.82) is 0 Å². The Morgan fingerprint density at radius 3 is 2.54 bits per heavy atom. The molecule has 3 aromatic rings. The van der Waals surface area contributed by atoms with Crippen molar-refractivity contribution in [2.75, 3.05) is 19.5 Å². The van der Waals surface area contributed by atoms with Crippen LogP contribution in [-0.4, -0.2) is 24.4 Å². The molecule has 0 aliphatic rings. The van der Waals surface area contributed by atoms with E-state index in [-0.39, 0.29) is 0 Å². The Labute approximate surface area is 139 Å². The number of para-hydroxylation sites is 1. The lowest BCUT2D eigenvalue weighted by molar-refractivity contribution is 0.402. The second-order valence-corrected chi connectivity index (χ2v) is 4.88. The number of nitrogens with one attached hydrogen (secondary N) is 1. The Morgan fingerprint density at radius 1 is 0.958 bits per heavy atom. The Morgan fingerprint density at radius 2 is 1.79 bits per heavy atom. The van der Waals surface area contributed by atoms with Gasteiger partial charge >= 0.3 is 6.01 Å². The molecule has 2 aromatic carbocycles. The molecular formula is C18H17N3O3. The van der Waals surface area contributed by atoms with Gasteiger partial charge in [0.2, 0.25) is 5.89 Å². The summed E-state index contributed by atoms with van der Waals surface area (Å²) in [5.74, 6) is 1.86. The van der Waals surface area contributed by atoms with Gasteiger partial charge in [-0.3, -0.25) is 0 Å². The number of hydrogen-bond acceptors (Lipinski definition) is 6. The lowest BCUT2D eigenvalue weighted by Crippen LogP contribution is -1.89. The maximum absolute atomic E-state index is 5.55. The average molecular weight is 323 g/mol. The first kappa shape index (κ1) is 15.6. The first-order valence-electron chi connectivity index (χ1n) is 7.34. The maximum atomic E-state index is 5.55. The van der Waals surface area contributed by atoms with E-state index in [0.29, 0.717) is 11.9 Å². The van der Waals surface area contributed by atoms with Crippen LogP contribution in [-0.2, 0) is 0 Å². The molecule has 6 nitrogen and oxygen atoms in total. The van der Waals surface area contributed by atoms with E-state index < -0.39 is 0 Å². The number of rotatable bonds is 6. The second-order valence-electron chi connectivity index (χ2n) is 4.88. The zero-order chi connectivity index (χ0) is 16.8. The highest BCUT2D eigenvalue weighted by molar-refractivity contribution is 5.71. The van der Waals surface area contributed by atoms with Gasteiger partial charge in [0.15, 0.2) is 0 Å². The lowest BCUT2D eigenvalue weighted by atomic mass is 10.1. The lowest BCUT2D eigenvalue weighted by Gasteiger charge is -2.06. The smallest absolute Gasteiger partial charge is 0.320 e. The number of benzene rings is 2. The van der Waals surface area contributed by atoms with Crippen LogP contribution in [0.2, 0.25) is 0 Å². The van der Waals surface area contributed by atoms with E-state index >= 15 is 0 Å². The largest absolute Gasteiger partial charge is 0.497 e. The van der Waals surface area contributed by atoms with E-state index in [1.54, 1.807) is 20.3 Å². The van der Waals surface area contributed by atoms with E-state index in [1.165, 1.54) is 0 Å². The Bertz CT molecular complexity index is 829. The van der Waals surface area contributed by atoms with Crippen molar-refractivity contribution in [2.24, 2.45) is 0 Å². The molecule has 1 aromatic heterocycles. The molecule has 1 heterocycles. The number of hydrogen-bond donors (Lipinski definition) is 1. The average Bonchev–Trinajstić information content (AvgIpc) is 3.08. The van der Waals surface area contributed by atoms with E-state index in [0.717, 1.165) is 22.7 Å². The highest BCUT2D eigenvalue weighted by atomic mass is 16.5. The molecular weight excluding hydrogens is 306 g/mol. The van der Waals surface area contributed by atoms with Crippen LogP contribution >= 0.6 is 0 Å². The third-order valence-corrected chi connectivity index (χ3v) is 3.31. The van der Waals surface area contributed by atoms with E-state index in [9.17, 15) is 0 Å². The molecule has 0 saturated carbocycles. The normalized spacial score (nSPS) is 10.8. The molecule has 6 heteroatoms. The molecule has 0 amide bonds. The van der Waals surface area contributed by atoms with Crippen molar-refractivity contribution >= 4 is 23.9 Å². The van der Waals surface area contributed by atoms with Gasteiger partial charge in [-0.1, -0.05) is 23.3 Å². The van der Waals surface area contributed by atoms with Gasteiger partial charge in [-0.25, -0.2) is 0 Å². The van der Waals surface area contributed by atoms with Gasteiger partial charge in [0, 0.05) is 17.3 Å². The molecule has 0 saturated heterocycles. The monoisotopic (exact) mass is 323 g/mol. The molecule has 3 rings (SSSR count). The third-order valence-electron chi connectivity index (χ3n) is 3.31. The van der Waals surface area contributed by atoms with E-state index in [4.69, 9.17) is 13.9 Å². The van der Waals surface area contributed by atoms with Gasteiger partial charge < -0.3 is 19.2 Å². The minimum Gasteiger partial charge on any atom is -0.497 e. The number of methoxy groups -OCH3 is 2. The standard InChI is InChI=1S/C18H17N3O3/c1-22-15-9-10-16(23-2)13(12-15)8-11-17-20-21-18(24-17)19-14-6-4-3-5-7-14/h3-12H,1-2H3,(H,19,21)/b11-8+. The Hall–Kier alpha value is -3.28. The summed E-state index contributed by atoms with van der Waals surface area (Å²) in [7, 11) is 3.24. The molecule has 1 N–H and O–H groups in total. The van der Waals surface area contributed by atoms with Crippen molar-refractivity contribution in [3.8, 4) is 11.5 Å². The van der Waals surface area contributed by atoms with Crippen LogP contribution in [0.3, 0.4) is 0 Å². The van der Waals surface area contributed by atoms with Crippen LogP contribution in [0, 0.1) is 0 Å². The summed E-state index contributed by atoms with van der Waals surface area (Å²) in [6.45, 7) is 0. The SMILES string of the molecule is COc1ccc(OC)c(/C=C/c2nnc(Nc3ccccc3)o2)c1. The first-order chi connectivity index (χ1) is 11.8. The van der Waals surface area contributed by atoms with Crippen LogP contribution in [0.1, 0.15) is 11.5 Å². The molecule has 0 bridgehead atoms. The fourth-order valence-electron chi connectivity index (χ4n) is 2.13. The summed E-state index contributed by atoms with van der Waals surface area (Å²) in [5, 5.41) is 11.0. The molecule has 0 radical (unpaired) electrons. The van der Waals surface area contributed by atoms with Gasteiger partial charge in [-0.05, 0) is 36.4 Å². The minimum absolute atomic E-state index is 0.332. The number of anilines is 2. The van der Waals surface area contributed by atoms with Crippen LogP contribution in [0.4, 0.5) is 11.7 Å². The first-order valence-corrected chi connectivity index (χ1v) is 7.34. The number of nitrogens with zero attached hydrogens (tertiary/aromatic N) is 2. The van der Waals surface area contributed by atoms with Gasteiger partial charge in [0.05, 0.1) is 14.2 Å². The van der Waals surface area contributed by atoms with Gasteiger partial charge in [-0.15, -0.1) is 5.10 Å². The topological polar surface area (TPSA) is 69.4 Å². The number of ether oxygens (including phenoxy) is 2. The number of aromatic nitrogens is 2. The minimum atomic E-state index is 0.332. The zero-order valence-corrected chi connectivity index (χ0v) is 13.4. The Kier molecular flexibility index (Phi) is 4.76. The molecule has 0 aliphatic heterocycles. The van der Waals surface area contributed by atoms with E-state index in [1.807, 2.05) is 54.6 Å². The second kappa shape index (κ2) is 7.32. The summed E-state index contributed by atoms with van der Waals surface area (Å²) in [4.78, 5) is 0. The van der Waals surface area contributed by atoms with Crippen LogP contribution in [0.15, 0.2) is 52.9 Å². The van der Waals surface area contributed by atoms with Crippen molar-refractivity contribution in [1.82, 2.24) is 10.2 Å². The van der Waals surface area contributed by atoms with Crippen LogP contribution in [0.5, 0.6) is 11.5 Å². The summed E-state index contributed by atoms with van der Waals surface area (Å²) in [6.07, 6.45) is 3.56. The van der Waals surface area contributed by atoms with Crippen molar-refractivity contribution in [3.63, 3.8) is 0 Å². The molecule has 0 fully saturated rings. The summed E-state index contributed by atoms with van der Waals surface area (Å²) >= 11 is 0. The highest BCUT2D eigenvalue weighted by Gasteiger charge is 2.05. The summed E-state index contributed by atoms with van der Waals surface area (Å²) in [5.41, 5.74) is 1.73. The van der Waals surface area contributed by atoms with Gasteiger partial charge in [-0.2, -0.15) is 0 Å². The molecule has 24 heavy (non-hydrogen) atoms. The fraction of sp³-hybridized carbons (Fsp3) is 0.111. The van der Waals surface area contributed by atoms with E-state index in [2.05, 4.69) is 15.5 Å². The van der Waals surface area contributed by atoms with Crippen LogP contribution < -0.4 is 14.8 Å². The molecule has 0 unspecified atom stereocenters. The van der Waals surface area contributed by atoms with Gasteiger partial charge in [0.1, 0.15) is 11.5 Å². The molecule has 0 spiro atoms. The quantitative estimate of drug-likeness (QED) is 0.739. The molecule has 0 atom stereocenters. The summed E-state index contributed by atoms with van der Waals surface area (Å²) in [6, 6.07) is 15.5. The maximum Gasteiger partial charge on any atom is 0.320 e. The predicted octanol–water partition coefficient (Wildman–Crippen LogP) is 4.00.